The van der Waals surface area contributed by atoms with Crippen LogP contribution in [0.5, 0.6) is 0 Å². The van der Waals surface area contributed by atoms with Crippen LogP contribution < -0.4 is 0 Å². The van der Waals surface area contributed by atoms with Crippen molar-refractivity contribution in [3.8, 4) is 0 Å². The van der Waals surface area contributed by atoms with Crippen LogP contribution in [0.25, 0.3) is 0 Å². The molecule has 15 heavy (non-hydrogen) atoms. The molecule has 0 unspecified atom stereocenters. The molecule has 2 N–H and O–H groups in total. The van der Waals surface area contributed by atoms with E-state index in [2.05, 4.69) is 4.74 Å². The fraction of sp³-hybridized carbons (Fsp3) is 0.700. The average Bonchev–Trinajstić information content (AvgIpc) is 2.18. The topological polar surface area (TPSA) is 70.0 Å². The van der Waals surface area contributed by atoms with Crippen molar-refractivity contribution in [1.29, 1.82) is 0 Å². The third-order valence-corrected chi connectivity index (χ3v) is 2.36. The molecule has 1 rings (SSSR count). The minimum Gasteiger partial charge on any atom is -0.510 e. The molecule has 0 spiro atoms. The average molecular weight is 215 g/mol. The number of hydrogen-bond donors (Lipinski definition) is 2. The summed E-state index contributed by atoms with van der Waals surface area (Å²) < 4.78 is 4.68. The first kappa shape index (κ1) is 12.0. The molecule has 0 aromatic rings. The van der Waals surface area contributed by atoms with E-state index in [0.717, 1.165) is 0 Å². The van der Waals surface area contributed by atoms with E-state index in [9.17, 15) is 15.0 Å². The van der Waals surface area contributed by atoms with Crippen LogP contribution in [0, 0.1) is 0 Å². The van der Waals surface area contributed by atoms with Gasteiger partial charge in [-0.05, 0) is 12.8 Å². The van der Waals surface area contributed by atoms with Gasteiger partial charge in [0.25, 0.3) is 0 Å². The molecule has 86 valence electrons. The number of carbonyl (C=O) groups is 1. The van der Waals surface area contributed by atoms with Crippen LogP contribution >= 0.6 is 0 Å². The summed E-state index contributed by atoms with van der Waals surface area (Å²) in [6.07, 6.45) is 2.07. The number of aliphatic hydroxyl groups excluding tert-OH is 2. The van der Waals surface area contributed by atoms with Crippen molar-refractivity contribution in [3.05, 3.63) is 11.8 Å². The fourth-order valence-corrected chi connectivity index (χ4v) is 1.51. The lowest BCUT2D eigenvalue weighted by Gasteiger charge is -2.28. The molecule has 1 aliphatic heterocycles. The highest BCUT2D eigenvalue weighted by atomic mass is 16.5. The monoisotopic (exact) mass is 215 g/mol. The second kappa shape index (κ2) is 5.72. The quantitative estimate of drug-likeness (QED) is 0.516. The normalized spacial score (nSPS) is 19.3. The molecule has 0 atom stereocenters. The molecule has 1 amide bonds. The molecular formula is C10H17NO4. The molecule has 0 bridgehead atoms. The van der Waals surface area contributed by atoms with E-state index >= 15 is 0 Å². The van der Waals surface area contributed by atoms with Crippen molar-refractivity contribution in [3.63, 3.8) is 0 Å². The maximum Gasteiger partial charge on any atom is 0.250 e. The summed E-state index contributed by atoms with van der Waals surface area (Å²) in [7, 11) is 1.45. The van der Waals surface area contributed by atoms with Gasteiger partial charge in [0.1, 0.15) is 12.4 Å². The lowest BCUT2D eigenvalue weighted by atomic mass is 10.1. The standard InChI is InChI=1S/C10H17NO4/c1-15-7-9(13)6-10(14)11-4-2-8(12)3-5-11/h6,8,12-13H,2-5,7H2,1H3. The van der Waals surface area contributed by atoms with E-state index in [4.69, 9.17) is 0 Å². The molecular weight excluding hydrogens is 198 g/mol. The molecule has 0 saturated carbocycles. The highest BCUT2D eigenvalue weighted by Crippen LogP contribution is 2.10. The summed E-state index contributed by atoms with van der Waals surface area (Å²) in [5.41, 5.74) is 0. The van der Waals surface area contributed by atoms with Crippen LogP contribution in [0.15, 0.2) is 11.8 Å². The molecule has 1 saturated heterocycles. The molecule has 1 aliphatic rings. The summed E-state index contributed by atoms with van der Waals surface area (Å²) in [6, 6.07) is 0. The number of carbonyl (C=O) groups excluding carboxylic acids is 1. The zero-order valence-corrected chi connectivity index (χ0v) is 8.85. The van der Waals surface area contributed by atoms with Gasteiger partial charge in [-0.2, -0.15) is 0 Å². The van der Waals surface area contributed by atoms with Crippen molar-refractivity contribution in [1.82, 2.24) is 4.90 Å². The highest BCUT2D eigenvalue weighted by Gasteiger charge is 2.20. The van der Waals surface area contributed by atoms with Crippen LogP contribution in [-0.2, 0) is 9.53 Å². The third-order valence-electron chi connectivity index (χ3n) is 2.36. The Bertz CT molecular complexity index is 244. The van der Waals surface area contributed by atoms with E-state index < -0.39 is 0 Å². The number of amides is 1. The van der Waals surface area contributed by atoms with Gasteiger partial charge in [-0.1, -0.05) is 0 Å². The van der Waals surface area contributed by atoms with Gasteiger partial charge in [-0.15, -0.1) is 0 Å². The minimum absolute atomic E-state index is 0.0439. The predicted octanol–water partition coefficient (Wildman–Crippen LogP) is 0.0580. The van der Waals surface area contributed by atoms with Gasteiger partial charge >= 0.3 is 0 Å². The summed E-state index contributed by atoms with van der Waals surface area (Å²) in [5, 5.41) is 18.5. The van der Waals surface area contributed by atoms with E-state index in [0.29, 0.717) is 25.9 Å². The van der Waals surface area contributed by atoms with Crippen molar-refractivity contribution in [2.45, 2.75) is 18.9 Å². The summed E-state index contributed by atoms with van der Waals surface area (Å²) >= 11 is 0. The molecule has 0 aromatic heterocycles. The largest absolute Gasteiger partial charge is 0.510 e. The van der Waals surface area contributed by atoms with Gasteiger partial charge in [-0.3, -0.25) is 4.79 Å². The minimum atomic E-state index is -0.300. The van der Waals surface area contributed by atoms with E-state index in [1.165, 1.54) is 13.2 Å². The molecule has 0 radical (unpaired) electrons. The molecule has 0 aromatic carbocycles. The Kier molecular flexibility index (Phi) is 4.58. The van der Waals surface area contributed by atoms with Gasteiger partial charge in [0.05, 0.1) is 6.10 Å². The van der Waals surface area contributed by atoms with Crippen molar-refractivity contribution >= 4 is 5.91 Å². The lowest BCUT2D eigenvalue weighted by Crippen LogP contribution is -2.39. The Hall–Kier alpha value is -1.07. The number of aliphatic hydroxyl groups is 2. The highest BCUT2D eigenvalue weighted by molar-refractivity contribution is 5.88. The molecule has 1 fully saturated rings. The van der Waals surface area contributed by atoms with Crippen LogP contribution in [-0.4, -0.2) is 53.9 Å². The van der Waals surface area contributed by atoms with Crippen molar-refractivity contribution in [2.75, 3.05) is 26.8 Å². The molecule has 5 heteroatoms. The lowest BCUT2D eigenvalue weighted by molar-refractivity contribution is -0.128. The third kappa shape index (κ3) is 3.89. The Morgan fingerprint density at radius 1 is 1.53 bits per heavy atom. The predicted molar refractivity (Wildman–Crippen MR) is 54.4 cm³/mol. The van der Waals surface area contributed by atoms with Crippen molar-refractivity contribution < 1.29 is 19.7 Å². The maximum atomic E-state index is 11.5. The fourth-order valence-electron chi connectivity index (χ4n) is 1.51. The number of nitrogens with zero attached hydrogens (tertiary/aromatic N) is 1. The number of likely N-dealkylation sites (tertiary alicyclic amines) is 1. The second-order valence-electron chi connectivity index (χ2n) is 3.63. The van der Waals surface area contributed by atoms with Gasteiger partial charge in [0.15, 0.2) is 0 Å². The van der Waals surface area contributed by atoms with Gasteiger partial charge in [0, 0.05) is 26.3 Å². The number of rotatable bonds is 3. The van der Waals surface area contributed by atoms with Crippen LogP contribution in [0.4, 0.5) is 0 Å². The number of hydrogen-bond acceptors (Lipinski definition) is 4. The van der Waals surface area contributed by atoms with Crippen LogP contribution in [0.1, 0.15) is 12.8 Å². The number of piperidine rings is 1. The molecule has 1 heterocycles. The van der Waals surface area contributed by atoms with Gasteiger partial charge in [0.2, 0.25) is 5.91 Å². The summed E-state index contributed by atoms with van der Waals surface area (Å²) in [6.45, 7) is 1.12. The Labute approximate surface area is 89.0 Å². The first-order chi connectivity index (χ1) is 7.13. The molecule has 0 aliphatic carbocycles. The molecule has 5 nitrogen and oxygen atoms in total. The SMILES string of the molecule is COCC(O)=CC(=O)N1CCC(O)CC1. The Balaban J connectivity index is 2.43. The smallest absolute Gasteiger partial charge is 0.250 e. The Morgan fingerprint density at radius 2 is 2.13 bits per heavy atom. The zero-order chi connectivity index (χ0) is 11.3. The number of methoxy groups -OCH3 is 1. The zero-order valence-electron chi connectivity index (χ0n) is 8.85. The maximum absolute atomic E-state index is 11.5. The van der Waals surface area contributed by atoms with E-state index in [-0.39, 0.29) is 24.4 Å². The van der Waals surface area contributed by atoms with E-state index in [1.54, 1.807) is 4.90 Å². The summed E-state index contributed by atoms with van der Waals surface area (Å²) in [5.74, 6) is -0.301. The van der Waals surface area contributed by atoms with Crippen LogP contribution in [0.2, 0.25) is 0 Å². The summed E-state index contributed by atoms with van der Waals surface area (Å²) in [4.78, 5) is 13.2. The number of ether oxygens (including phenoxy) is 1. The first-order valence-corrected chi connectivity index (χ1v) is 4.99. The van der Waals surface area contributed by atoms with Gasteiger partial charge < -0.3 is 19.8 Å². The van der Waals surface area contributed by atoms with E-state index in [1.807, 2.05) is 0 Å². The van der Waals surface area contributed by atoms with Crippen LogP contribution in [0.3, 0.4) is 0 Å². The Morgan fingerprint density at radius 3 is 2.67 bits per heavy atom. The van der Waals surface area contributed by atoms with Gasteiger partial charge in [-0.25, -0.2) is 0 Å². The first-order valence-electron chi connectivity index (χ1n) is 4.99. The second-order valence-corrected chi connectivity index (χ2v) is 3.63. The van der Waals surface area contributed by atoms with Crippen molar-refractivity contribution in [2.24, 2.45) is 0 Å².